The molecule has 0 aromatic carbocycles. The molecule has 0 fully saturated rings. The molecule has 0 atom stereocenters. The first-order valence-corrected chi connectivity index (χ1v) is 5.36. The molecule has 2 rings (SSSR count). The maximum atomic E-state index is 8.58. The minimum absolute atomic E-state index is 0.430. The quantitative estimate of drug-likeness (QED) is 0.655. The van der Waals surface area contributed by atoms with Crippen molar-refractivity contribution in [1.29, 1.82) is 5.26 Å². The first-order chi connectivity index (χ1) is 6.90. The fraction of sp³-hybridized carbons (Fsp3) is 0.273. The summed E-state index contributed by atoms with van der Waals surface area (Å²) in [4.78, 5) is 5.61. The molecule has 2 nitrogen and oxygen atoms in total. The molecule has 1 aliphatic carbocycles. The Morgan fingerprint density at radius 1 is 1.43 bits per heavy atom. The summed E-state index contributed by atoms with van der Waals surface area (Å²) < 4.78 is 0. The minimum atomic E-state index is 0.430. The monoisotopic (exact) mass is 202 g/mol. The Hall–Kier alpha value is -1.27. The zero-order chi connectivity index (χ0) is 9.80. The van der Waals surface area contributed by atoms with Crippen LogP contribution in [0.15, 0.2) is 39.8 Å². The lowest BCUT2D eigenvalue weighted by atomic mass is 10.2. The van der Waals surface area contributed by atoms with Crippen LogP contribution in [0.2, 0.25) is 0 Å². The average Bonchev–Trinajstić information content (AvgIpc) is 2.42. The SMILES string of the molecule is N#CCC1=NCC2=C(C=CCC=C2)S1. The van der Waals surface area contributed by atoms with Gasteiger partial charge in [0.25, 0.3) is 0 Å². The van der Waals surface area contributed by atoms with Crippen molar-refractivity contribution in [1.82, 2.24) is 0 Å². The van der Waals surface area contributed by atoms with E-state index in [2.05, 4.69) is 35.4 Å². The van der Waals surface area contributed by atoms with Crippen molar-refractivity contribution in [2.45, 2.75) is 12.8 Å². The van der Waals surface area contributed by atoms with Crippen molar-refractivity contribution in [2.75, 3.05) is 6.54 Å². The Morgan fingerprint density at radius 3 is 3.14 bits per heavy atom. The van der Waals surface area contributed by atoms with Gasteiger partial charge in [-0.1, -0.05) is 36.1 Å². The molecule has 0 amide bonds. The van der Waals surface area contributed by atoms with E-state index in [-0.39, 0.29) is 0 Å². The summed E-state index contributed by atoms with van der Waals surface area (Å²) in [6.45, 7) is 0.722. The molecule has 0 N–H and O–H groups in total. The van der Waals surface area contributed by atoms with Crippen LogP contribution in [-0.2, 0) is 0 Å². The van der Waals surface area contributed by atoms with Gasteiger partial charge in [0.2, 0.25) is 0 Å². The largest absolute Gasteiger partial charge is 0.277 e. The third kappa shape index (κ3) is 1.97. The first-order valence-electron chi connectivity index (χ1n) is 4.54. The van der Waals surface area contributed by atoms with Crippen molar-refractivity contribution in [3.05, 3.63) is 34.8 Å². The summed E-state index contributed by atoms with van der Waals surface area (Å²) in [5, 5.41) is 9.51. The van der Waals surface area contributed by atoms with Gasteiger partial charge in [0, 0.05) is 4.91 Å². The Bertz CT molecular complexity index is 394. The number of nitrogens with zero attached hydrogens (tertiary/aromatic N) is 2. The van der Waals surface area contributed by atoms with Crippen LogP contribution >= 0.6 is 11.8 Å². The van der Waals surface area contributed by atoms with Crippen LogP contribution in [0.5, 0.6) is 0 Å². The zero-order valence-electron chi connectivity index (χ0n) is 7.73. The highest BCUT2D eigenvalue weighted by Crippen LogP contribution is 2.30. The lowest BCUT2D eigenvalue weighted by Gasteiger charge is -2.13. The van der Waals surface area contributed by atoms with Gasteiger partial charge in [0.1, 0.15) is 0 Å². The Kier molecular flexibility index (Phi) is 2.85. The fourth-order valence-corrected chi connectivity index (χ4v) is 2.32. The molecule has 0 saturated heterocycles. The van der Waals surface area contributed by atoms with Crippen LogP contribution in [0.1, 0.15) is 12.8 Å². The number of allylic oxidation sites excluding steroid dienone is 3. The third-order valence-electron chi connectivity index (χ3n) is 2.06. The van der Waals surface area contributed by atoms with Crippen LogP contribution in [0.25, 0.3) is 0 Å². The Balaban J connectivity index is 2.18. The van der Waals surface area contributed by atoms with Crippen molar-refractivity contribution < 1.29 is 0 Å². The van der Waals surface area contributed by atoms with Gasteiger partial charge in [-0.3, -0.25) is 4.99 Å². The van der Waals surface area contributed by atoms with Crippen molar-refractivity contribution >= 4 is 16.8 Å². The molecule has 0 radical (unpaired) electrons. The van der Waals surface area contributed by atoms with Gasteiger partial charge in [0.05, 0.1) is 24.1 Å². The minimum Gasteiger partial charge on any atom is -0.277 e. The molecule has 0 aromatic rings. The normalized spacial score (nSPS) is 19.8. The van der Waals surface area contributed by atoms with Crippen molar-refractivity contribution in [3.63, 3.8) is 0 Å². The highest BCUT2D eigenvalue weighted by molar-refractivity contribution is 8.17. The molecule has 14 heavy (non-hydrogen) atoms. The summed E-state index contributed by atoms with van der Waals surface area (Å²) in [6.07, 6.45) is 9.96. The molecule has 0 aromatic heterocycles. The van der Waals surface area contributed by atoms with Gasteiger partial charge in [-0.25, -0.2) is 0 Å². The van der Waals surface area contributed by atoms with Gasteiger partial charge >= 0.3 is 0 Å². The van der Waals surface area contributed by atoms with E-state index in [9.17, 15) is 0 Å². The predicted molar refractivity (Wildman–Crippen MR) is 60.0 cm³/mol. The van der Waals surface area contributed by atoms with E-state index in [0.717, 1.165) is 18.0 Å². The smallest absolute Gasteiger partial charge is 0.0868 e. The van der Waals surface area contributed by atoms with Gasteiger partial charge in [-0.05, 0) is 12.0 Å². The number of hydrogen-bond acceptors (Lipinski definition) is 3. The number of rotatable bonds is 1. The van der Waals surface area contributed by atoms with E-state index in [1.165, 1.54) is 10.5 Å². The average molecular weight is 202 g/mol. The summed E-state index contributed by atoms with van der Waals surface area (Å²) in [5.74, 6) is 0. The molecule has 0 saturated carbocycles. The van der Waals surface area contributed by atoms with Crippen molar-refractivity contribution in [3.8, 4) is 6.07 Å². The lowest BCUT2D eigenvalue weighted by molar-refractivity contribution is 1.16. The summed E-state index contributed by atoms with van der Waals surface area (Å²) in [7, 11) is 0. The second-order valence-electron chi connectivity index (χ2n) is 3.08. The highest BCUT2D eigenvalue weighted by Gasteiger charge is 2.13. The van der Waals surface area contributed by atoms with E-state index < -0.39 is 0 Å². The molecule has 0 unspecified atom stereocenters. The standard InChI is InChI=1S/C11H10N2S/c12-7-6-11-13-8-9-4-2-1-3-5-10(9)14-11/h2-5H,1,6,8H2. The van der Waals surface area contributed by atoms with E-state index in [1.807, 2.05) is 0 Å². The van der Waals surface area contributed by atoms with Crippen LogP contribution in [0.3, 0.4) is 0 Å². The van der Waals surface area contributed by atoms with Crippen LogP contribution in [0.4, 0.5) is 0 Å². The predicted octanol–water partition coefficient (Wildman–Crippen LogP) is 2.82. The maximum Gasteiger partial charge on any atom is 0.0868 e. The fourth-order valence-electron chi connectivity index (χ4n) is 1.38. The second kappa shape index (κ2) is 4.30. The van der Waals surface area contributed by atoms with Gasteiger partial charge in [-0.2, -0.15) is 5.26 Å². The van der Waals surface area contributed by atoms with E-state index in [1.54, 1.807) is 11.8 Å². The van der Waals surface area contributed by atoms with Crippen molar-refractivity contribution in [2.24, 2.45) is 4.99 Å². The number of hydrogen-bond donors (Lipinski definition) is 0. The first kappa shape index (κ1) is 9.29. The lowest BCUT2D eigenvalue weighted by Crippen LogP contribution is -2.02. The molecule has 0 spiro atoms. The number of thioether (sulfide) groups is 1. The van der Waals surface area contributed by atoms with Crippen LogP contribution in [-0.4, -0.2) is 11.6 Å². The van der Waals surface area contributed by atoms with E-state index in [4.69, 9.17) is 5.26 Å². The summed E-state index contributed by atoms with van der Waals surface area (Å²) >= 11 is 1.62. The zero-order valence-corrected chi connectivity index (χ0v) is 8.55. The van der Waals surface area contributed by atoms with Gasteiger partial charge in [-0.15, -0.1) is 0 Å². The Labute approximate surface area is 87.7 Å². The van der Waals surface area contributed by atoms with Crippen LogP contribution < -0.4 is 0 Å². The number of nitriles is 1. The molecular formula is C11H10N2S. The molecule has 1 aliphatic heterocycles. The van der Waals surface area contributed by atoms with E-state index >= 15 is 0 Å². The second-order valence-corrected chi connectivity index (χ2v) is 4.19. The number of aliphatic imine (C=N–C) groups is 1. The molecular weight excluding hydrogens is 192 g/mol. The molecule has 3 heteroatoms. The summed E-state index contributed by atoms with van der Waals surface area (Å²) in [5.41, 5.74) is 1.27. The summed E-state index contributed by atoms with van der Waals surface area (Å²) in [6, 6.07) is 2.13. The van der Waals surface area contributed by atoms with Gasteiger partial charge in [0.15, 0.2) is 0 Å². The highest BCUT2D eigenvalue weighted by atomic mass is 32.2. The molecule has 70 valence electrons. The van der Waals surface area contributed by atoms with Crippen LogP contribution in [0, 0.1) is 11.3 Å². The topological polar surface area (TPSA) is 36.1 Å². The Morgan fingerprint density at radius 2 is 2.29 bits per heavy atom. The van der Waals surface area contributed by atoms with E-state index in [0.29, 0.717) is 6.42 Å². The molecule has 2 aliphatic rings. The molecule has 0 bridgehead atoms. The third-order valence-corrected chi connectivity index (χ3v) is 3.19. The molecule has 1 heterocycles. The maximum absolute atomic E-state index is 8.58. The van der Waals surface area contributed by atoms with Gasteiger partial charge < -0.3 is 0 Å².